The Morgan fingerprint density at radius 2 is 1.95 bits per heavy atom. The number of anilines is 2. The SMILES string of the molecule is CCNc1cc(C(=O)Nc2ccc(SC)cc2)cc(C)n1. The third-order valence-electron chi connectivity index (χ3n) is 2.92. The Balaban J connectivity index is 2.15. The molecule has 1 aromatic carbocycles. The predicted octanol–water partition coefficient (Wildman–Crippen LogP) is 3.80. The number of nitrogens with zero attached hydrogens (tertiary/aromatic N) is 1. The number of aromatic nitrogens is 1. The molecule has 1 aromatic heterocycles. The highest BCUT2D eigenvalue weighted by atomic mass is 32.2. The van der Waals surface area contributed by atoms with Gasteiger partial charge >= 0.3 is 0 Å². The molecule has 0 aliphatic rings. The molecule has 2 rings (SSSR count). The lowest BCUT2D eigenvalue weighted by Crippen LogP contribution is -2.13. The van der Waals surface area contributed by atoms with Gasteiger partial charge in [-0.2, -0.15) is 0 Å². The second-order valence-electron chi connectivity index (χ2n) is 4.60. The van der Waals surface area contributed by atoms with E-state index in [0.29, 0.717) is 5.56 Å². The second-order valence-corrected chi connectivity index (χ2v) is 5.48. The van der Waals surface area contributed by atoms with E-state index in [9.17, 15) is 4.79 Å². The zero-order chi connectivity index (χ0) is 15.2. The zero-order valence-electron chi connectivity index (χ0n) is 12.4. The molecule has 0 spiro atoms. The highest BCUT2D eigenvalue weighted by molar-refractivity contribution is 7.98. The number of amides is 1. The number of benzene rings is 1. The van der Waals surface area contributed by atoms with E-state index >= 15 is 0 Å². The van der Waals surface area contributed by atoms with Crippen molar-refractivity contribution in [3.05, 3.63) is 47.7 Å². The minimum Gasteiger partial charge on any atom is -0.370 e. The average Bonchev–Trinajstić information content (AvgIpc) is 2.48. The molecule has 0 unspecified atom stereocenters. The van der Waals surface area contributed by atoms with Crippen molar-refractivity contribution in [3.8, 4) is 0 Å². The molecular weight excluding hydrogens is 282 g/mol. The third-order valence-corrected chi connectivity index (χ3v) is 3.66. The summed E-state index contributed by atoms with van der Waals surface area (Å²) < 4.78 is 0. The number of aryl methyl sites for hydroxylation is 1. The van der Waals surface area contributed by atoms with Gasteiger partial charge in [0.2, 0.25) is 0 Å². The molecule has 0 atom stereocenters. The molecule has 0 bridgehead atoms. The zero-order valence-corrected chi connectivity index (χ0v) is 13.3. The summed E-state index contributed by atoms with van der Waals surface area (Å²) in [5, 5.41) is 6.03. The summed E-state index contributed by atoms with van der Waals surface area (Å²) in [6.07, 6.45) is 2.02. The van der Waals surface area contributed by atoms with Crippen molar-refractivity contribution in [1.29, 1.82) is 0 Å². The minimum absolute atomic E-state index is 0.128. The van der Waals surface area contributed by atoms with Crippen molar-refractivity contribution in [2.75, 3.05) is 23.4 Å². The van der Waals surface area contributed by atoms with E-state index < -0.39 is 0 Å². The molecule has 5 heteroatoms. The summed E-state index contributed by atoms with van der Waals surface area (Å²) in [7, 11) is 0. The second kappa shape index (κ2) is 7.13. The fourth-order valence-electron chi connectivity index (χ4n) is 1.95. The monoisotopic (exact) mass is 301 g/mol. The molecule has 0 saturated carbocycles. The maximum atomic E-state index is 12.3. The third kappa shape index (κ3) is 4.23. The van der Waals surface area contributed by atoms with Gasteiger partial charge in [0.15, 0.2) is 0 Å². The Morgan fingerprint density at radius 1 is 1.24 bits per heavy atom. The van der Waals surface area contributed by atoms with Crippen LogP contribution in [0.5, 0.6) is 0 Å². The quantitative estimate of drug-likeness (QED) is 0.825. The average molecular weight is 301 g/mol. The standard InChI is InChI=1S/C16H19N3OS/c1-4-17-15-10-12(9-11(2)18-15)16(20)19-13-5-7-14(21-3)8-6-13/h5-10H,4H2,1-3H3,(H,17,18)(H,19,20). The number of hydrogen-bond acceptors (Lipinski definition) is 4. The molecule has 110 valence electrons. The van der Waals surface area contributed by atoms with E-state index in [2.05, 4.69) is 15.6 Å². The lowest BCUT2D eigenvalue weighted by atomic mass is 10.2. The number of thioether (sulfide) groups is 1. The number of hydrogen-bond donors (Lipinski definition) is 2. The largest absolute Gasteiger partial charge is 0.370 e. The van der Waals surface area contributed by atoms with E-state index in [4.69, 9.17) is 0 Å². The maximum Gasteiger partial charge on any atom is 0.255 e. The lowest BCUT2D eigenvalue weighted by molar-refractivity contribution is 0.102. The van der Waals surface area contributed by atoms with Crippen molar-refractivity contribution in [2.45, 2.75) is 18.7 Å². The molecule has 1 heterocycles. The first-order valence-corrected chi connectivity index (χ1v) is 8.03. The van der Waals surface area contributed by atoms with Crippen LogP contribution in [0.2, 0.25) is 0 Å². The van der Waals surface area contributed by atoms with E-state index in [1.165, 1.54) is 4.90 Å². The van der Waals surface area contributed by atoms with Crippen LogP contribution >= 0.6 is 11.8 Å². The smallest absolute Gasteiger partial charge is 0.255 e. The fourth-order valence-corrected chi connectivity index (χ4v) is 2.36. The normalized spacial score (nSPS) is 10.2. The summed E-state index contributed by atoms with van der Waals surface area (Å²) in [6.45, 7) is 4.65. The van der Waals surface area contributed by atoms with E-state index in [1.807, 2.05) is 44.4 Å². The molecule has 21 heavy (non-hydrogen) atoms. The van der Waals surface area contributed by atoms with Crippen molar-refractivity contribution in [3.63, 3.8) is 0 Å². The summed E-state index contributed by atoms with van der Waals surface area (Å²) in [4.78, 5) is 17.8. The van der Waals surface area contributed by atoms with Crippen LogP contribution in [0.1, 0.15) is 23.0 Å². The Labute approximate surface area is 129 Å². The van der Waals surface area contributed by atoms with Gasteiger partial charge in [0.25, 0.3) is 5.91 Å². The number of carbonyl (C=O) groups is 1. The minimum atomic E-state index is -0.128. The lowest BCUT2D eigenvalue weighted by Gasteiger charge is -2.09. The summed E-state index contributed by atoms with van der Waals surface area (Å²) in [5.41, 5.74) is 2.21. The van der Waals surface area contributed by atoms with Crippen LogP contribution in [-0.4, -0.2) is 23.7 Å². The summed E-state index contributed by atoms with van der Waals surface area (Å²) in [6, 6.07) is 11.3. The first-order valence-electron chi connectivity index (χ1n) is 6.80. The first-order chi connectivity index (χ1) is 10.1. The van der Waals surface area contributed by atoms with Crippen LogP contribution in [0.15, 0.2) is 41.3 Å². The summed E-state index contributed by atoms with van der Waals surface area (Å²) >= 11 is 1.67. The van der Waals surface area contributed by atoms with Crippen LogP contribution in [0, 0.1) is 6.92 Å². The maximum absolute atomic E-state index is 12.3. The van der Waals surface area contributed by atoms with Crippen molar-refractivity contribution in [1.82, 2.24) is 4.98 Å². The van der Waals surface area contributed by atoms with Gasteiger partial charge in [-0.15, -0.1) is 11.8 Å². The van der Waals surface area contributed by atoms with Crippen molar-refractivity contribution < 1.29 is 4.79 Å². The van der Waals surface area contributed by atoms with E-state index in [1.54, 1.807) is 23.9 Å². The molecule has 0 fully saturated rings. The molecule has 0 radical (unpaired) electrons. The predicted molar refractivity (Wildman–Crippen MR) is 89.3 cm³/mol. The van der Waals surface area contributed by atoms with Gasteiger partial charge in [-0.25, -0.2) is 4.98 Å². The van der Waals surface area contributed by atoms with E-state index in [-0.39, 0.29) is 5.91 Å². The molecule has 0 saturated heterocycles. The van der Waals surface area contributed by atoms with Crippen LogP contribution in [0.3, 0.4) is 0 Å². The number of nitrogens with one attached hydrogen (secondary N) is 2. The van der Waals surface area contributed by atoms with Crippen LogP contribution in [-0.2, 0) is 0 Å². The highest BCUT2D eigenvalue weighted by Gasteiger charge is 2.09. The Morgan fingerprint density at radius 3 is 2.57 bits per heavy atom. The number of rotatable bonds is 5. The topological polar surface area (TPSA) is 54.0 Å². The van der Waals surface area contributed by atoms with Gasteiger partial charge in [-0.3, -0.25) is 4.79 Å². The van der Waals surface area contributed by atoms with Crippen LogP contribution < -0.4 is 10.6 Å². The van der Waals surface area contributed by atoms with E-state index in [0.717, 1.165) is 23.7 Å². The molecule has 0 aliphatic carbocycles. The van der Waals surface area contributed by atoms with Crippen LogP contribution in [0.25, 0.3) is 0 Å². The number of pyridine rings is 1. The Hall–Kier alpha value is -2.01. The van der Waals surface area contributed by atoms with Crippen molar-refractivity contribution >= 4 is 29.2 Å². The van der Waals surface area contributed by atoms with Gasteiger partial charge in [0, 0.05) is 28.4 Å². The molecule has 2 aromatic rings. The number of carbonyl (C=O) groups excluding carboxylic acids is 1. The van der Waals surface area contributed by atoms with Gasteiger partial charge in [-0.05, 0) is 56.5 Å². The molecule has 2 N–H and O–H groups in total. The Kier molecular flexibility index (Phi) is 5.22. The molecular formula is C16H19N3OS. The molecule has 0 aliphatic heterocycles. The van der Waals surface area contributed by atoms with Gasteiger partial charge < -0.3 is 10.6 Å². The fraction of sp³-hybridized carbons (Fsp3) is 0.250. The Bertz CT molecular complexity index is 626. The van der Waals surface area contributed by atoms with Gasteiger partial charge in [0.05, 0.1) is 0 Å². The summed E-state index contributed by atoms with van der Waals surface area (Å²) in [5.74, 6) is 0.594. The van der Waals surface area contributed by atoms with Crippen molar-refractivity contribution in [2.24, 2.45) is 0 Å². The first kappa shape index (κ1) is 15.4. The van der Waals surface area contributed by atoms with Gasteiger partial charge in [0.1, 0.15) is 5.82 Å². The highest BCUT2D eigenvalue weighted by Crippen LogP contribution is 2.18. The molecule has 1 amide bonds. The van der Waals surface area contributed by atoms with Gasteiger partial charge in [-0.1, -0.05) is 0 Å². The van der Waals surface area contributed by atoms with Crippen LogP contribution in [0.4, 0.5) is 11.5 Å². The molecule has 4 nitrogen and oxygen atoms in total.